The van der Waals surface area contributed by atoms with E-state index in [1.807, 2.05) is 25.1 Å². The molecule has 1 amide bonds. The molecule has 0 atom stereocenters. The zero-order chi connectivity index (χ0) is 10.1. The first-order chi connectivity index (χ1) is 6.72. The summed E-state index contributed by atoms with van der Waals surface area (Å²) in [6, 6.07) is 5.85. The number of carbonyl (C=O) groups is 2. The highest BCUT2D eigenvalue weighted by Gasteiger charge is 2.26. The molecule has 1 aliphatic rings. The molecule has 0 saturated carbocycles. The van der Waals surface area contributed by atoms with Gasteiger partial charge in [-0.2, -0.15) is 0 Å². The first kappa shape index (κ1) is 8.94. The summed E-state index contributed by atoms with van der Waals surface area (Å²) < 4.78 is 0. The maximum absolute atomic E-state index is 11.5. The SMILES string of the molecule is Cc1ccc2c(c1)CC(=O)N2CC=O. The van der Waals surface area contributed by atoms with Gasteiger partial charge in [-0.1, -0.05) is 17.7 Å². The van der Waals surface area contributed by atoms with Crippen LogP contribution in [0.3, 0.4) is 0 Å². The van der Waals surface area contributed by atoms with Crippen LogP contribution in [0, 0.1) is 6.92 Å². The van der Waals surface area contributed by atoms with Crippen LogP contribution in [0.2, 0.25) is 0 Å². The average molecular weight is 189 g/mol. The highest BCUT2D eigenvalue weighted by molar-refractivity contribution is 6.03. The Morgan fingerprint density at radius 1 is 1.50 bits per heavy atom. The molecule has 0 aromatic heterocycles. The fourth-order valence-electron chi connectivity index (χ4n) is 1.79. The van der Waals surface area contributed by atoms with E-state index in [4.69, 9.17) is 0 Å². The normalized spacial score (nSPS) is 14.4. The number of aryl methyl sites for hydroxylation is 1. The Morgan fingerprint density at radius 2 is 2.29 bits per heavy atom. The zero-order valence-electron chi connectivity index (χ0n) is 7.99. The van der Waals surface area contributed by atoms with Crippen LogP contribution in [0.15, 0.2) is 18.2 Å². The van der Waals surface area contributed by atoms with Crippen molar-refractivity contribution in [3.8, 4) is 0 Å². The van der Waals surface area contributed by atoms with Crippen molar-refractivity contribution in [2.24, 2.45) is 0 Å². The van der Waals surface area contributed by atoms with Crippen LogP contribution in [0.5, 0.6) is 0 Å². The van der Waals surface area contributed by atoms with Crippen LogP contribution >= 0.6 is 0 Å². The lowest BCUT2D eigenvalue weighted by Crippen LogP contribution is -2.28. The van der Waals surface area contributed by atoms with Crippen molar-refractivity contribution in [1.29, 1.82) is 0 Å². The third-order valence-electron chi connectivity index (χ3n) is 2.43. The lowest BCUT2D eigenvalue weighted by molar-refractivity contribution is -0.118. The molecule has 1 aromatic rings. The Bertz CT molecular complexity index is 398. The number of nitrogens with zero attached hydrogens (tertiary/aromatic N) is 1. The van der Waals surface area contributed by atoms with Gasteiger partial charge in [0.2, 0.25) is 5.91 Å². The molecule has 72 valence electrons. The minimum atomic E-state index is 0.0118. The second-order valence-electron chi connectivity index (χ2n) is 3.48. The van der Waals surface area contributed by atoms with Crippen molar-refractivity contribution in [2.75, 3.05) is 11.4 Å². The summed E-state index contributed by atoms with van der Waals surface area (Å²) in [5.41, 5.74) is 3.05. The number of anilines is 1. The van der Waals surface area contributed by atoms with Crippen molar-refractivity contribution in [1.82, 2.24) is 0 Å². The number of amides is 1. The van der Waals surface area contributed by atoms with Crippen LogP contribution in [-0.2, 0) is 16.0 Å². The van der Waals surface area contributed by atoms with E-state index in [1.54, 1.807) is 0 Å². The summed E-state index contributed by atoms with van der Waals surface area (Å²) in [5.74, 6) is 0.0118. The molecule has 0 bridgehead atoms. The van der Waals surface area contributed by atoms with E-state index in [0.717, 1.165) is 23.1 Å². The highest BCUT2D eigenvalue weighted by atomic mass is 16.2. The fourth-order valence-corrected chi connectivity index (χ4v) is 1.79. The largest absolute Gasteiger partial charge is 0.305 e. The van der Waals surface area contributed by atoms with Crippen LogP contribution in [0.4, 0.5) is 5.69 Å². The summed E-state index contributed by atoms with van der Waals surface area (Å²) >= 11 is 0. The Balaban J connectivity index is 2.42. The van der Waals surface area contributed by atoms with Gasteiger partial charge in [0.25, 0.3) is 0 Å². The Labute approximate surface area is 82.3 Å². The summed E-state index contributed by atoms with van der Waals surface area (Å²) in [6.45, 7) is 2.15. The quantitative estimate of drug-likeness (QED) is 0.653. The first-order valence-electron chi connectivity index (χ1n) is 4.56. The summed E-state index contributed by atoms with van der Waals surface area (Å²) in [6.07, 6.45) is 1.18. The number of hydrogen-bond acceptors (Lipinski definition) is 2. The second kappa shape index (κ2) is 3.25. The third-order valence-corrected chi connectivity index (χ3v) is 2.43. The van der Waals surface area contributed by atoms with Gasteiger partial charge >= 0.3 is 0 Å². The Hall–Kier alpha value is -1.64. The second-order valence-corrected chi connectivity index (χ2v) is 3.48. The molecule has 0 saturated heterocycles. The van der Waals surface area contributed by atoms with E-state index in [2.05, 4.69) is 0 Å². The van der Waals surface area contributed by atoms with E-state index < -0.39 is 0 Å². The molecular formula is C11H11NO2. The average Bonchev–Trinajstić information content (AvgIpc) is 2.43. The van der Waals surface area contributed by atoms with Crippen LogP contribution in [0.1, 0.15) is 11.1 Å². The summed E-state index contributed by atoms with van der Waals surface area (Å²) in [4.78, 5) is 23.4. The monoisotopic (exact) mass is 189 g/mol. The van der Waals surface area contributed by atoms with Crippen molar-refractivity contribution in [2.45, 2.75) is 13.3 Å². The maximum Gasteiger partial charge on any atom is 0.231 e. The van der Waals surface area contributed by atoms with Gasteiger partial charge in [-0.15, -0.1) is 0 Å². The molecule has 0 spiro atoms. The zero-order valence-corrected chi connectivity index (χ0v) is 7.99. The van der Waals surface area contributed by atoms with Crippen molar-refractivity contribution < 1.29 is 9.59 Å². The van der Waals surface area contributed by atoms with Crippen LogP contribution in [0.25, 0.3) is 0 Å². The van der Waals surface area contributed by atoms with Crippen molar-refractivity contribution >= 4 is 17.9 Å². The number of hydrogen-bond donors (Lipinski definition) is 0. The molecule has 0 unspecified atom stereocenters. The van der Waals surface area contributed by atoms with Crippen molar-refractivity contribution in [3.05, 3.63) is 29.3 Å². The summed E-state index contributed by atoms with van der Waals surface area (Å²) in [7, 11) is 0. The van der Waals surface area contributed by atoms with Gasteiger partial charge < -0.3 is 9.69 Å². The molecule has 1 aliphatic heterocycles. The topological polar surface area (TPSA) is 37.4 Å². The minimum Gasteiger partial charge on any atom is -0.305 e. The van der Waals surface area contributed by atoms with E-state index >= 15 is 0 Å². The summed E-state index contributed by atoms with van der Waals surface area (Å²) in [5, 5.41) is 0. The third kappa shape index (κ3) is 1.31. The minimum absolute atomic E-state index is 0.0118. The lowest BCUT2D eigenvalue weighted by Gasteiger charge is -2.13. The van der Waals surface area contributed by atoms with Gasteiger partial charge in [0, 0.05) is 5.69 Å². The van der Waals surface area contributed by atoms with Gasteiger partial charge in [-0.25, -0.2) is 0 Å². The van der Waals surface area contributed by atoms with Crippen molar-refractivity contribution in [3.63, 3.8) is 0 Å². The smallest absolute Gasteiger partial charge is 0.231 e. The molecule has 3 heteroatoms. The Morgan fingerprint density at radius 3 is 3.00 bits per heavy atom. The first-order valence-corrected chi connectivity index (χ1v) is 4.56. The molecular weight excluding hydrogens is 178 g/mol. The van der Waals surface area contributed by atoms with Gasteiger partial charge in [-0.3, -0.25) is 4.79 Å². The Kier molecular flexibility index (Phi) is 2.08. The number of aldehydes is 1. The maximum atomic E-state index is 11.5. The molecule has 0 radical (unpaired) electrons. The van der Waals surface area contributed by atoms with Gasteiger partial charge in [-0.05, 0) is 18.6 Å². The van der Waals surface area contributed by atoms with Crippen LogP contribution < -0.4 is 4.90 Å². The number of fused-ring (bicyclic) bond motifs is 1. The molecule has 0 N–H and O–H groups in total. The number of carbonyl (C=O) groups excluding carboxylic acids is 2. The van der Waals surface area contributed by atoms with E-state index in [-0.39, 0.29) is 12.5 Å². The number of benzene rings is 1. The fraction of sp³-hybridized carbons (Fsp3) is 0.273. The van der Waals surface area contributed by atoms with Gasteiger partial charge in [0.1, 0.15) is 6.29 Å². The molecule has 1 heterocycles. The molecule has 3 nitrogen and oxygen atoms in total. The standard InChI is InChI=1S/C11H11NO2/c1-8-2-3-10-9(6-8)7-11(14)12(10)4-5-13/h2-3,5-6H,4,7H2,1H3. The van der Waals surface area contributed by atoms with Gasteiger partial charge in [0.05, 0.1) is 13.0 Å². The number of rotatable bonds is 2. The molecule has 1 aromatic carbocycles. The molecule has 0 aliphatic carbocycles. The molecule has 2 rings (SSSR count). The van der Waals surface area contributed by atoms with Crippen LogP contribution in [-0.4, -0.2) is 18.7 Å². The lowest BCUT2D eigenvalue weighted by atomic mass is 10.1. The van der Waals surface area contributed by atoms with Gasteiger partial charge in [0.15, 0.2) is 0 Å². The van der Waals surface area contributed by atoms with E-state index in [1.165, 1.54) is 4.90 Å². The van der Waals surface area contributed by atoms with E-state index in [0.29, 0.717) is 6.42 Å². The highest BCUT2D eigenvalue weighted by Crippen LogP contribution is 2.28. The molecule has 0 fully saturated rings. The predicted octanol–water partition coefficient (Wildman–Crippen LogP) is 1.08. The molecule has 14 heavy (non-hydrogen) atoms. The predicted molar refractivity (Wildman–Crippen MR) is 53.3 cm³/mol. The van der Waals surface area contributed by atoms with E-state index in [9.17, 15) is 9.59 Å².